The van der Waals surface area contributed by atoms with Gasteiger partial charge in [-0.1, -0.05) is 36.2 Å². The summed E-state index contributed by atoms with van der Waals surface area (Å²) in [6.45, 7) is 6.85. The summed E-state index contributed by atoms with van der Waals surface area (Å²) in [5.74, 6) is 2.05. The van der Waals surface area contributed by atoms with Crippen LogP contribution >= 0.6 is 11.6 Å². The van der Waals surface area contributed by atoms with Gasteiger partial charge in [-0.3, -0.25) is 4.79 Å². The maximum atomic E-state index is 12.8. The smallest absolute Gasteiger partial charge is 0.255 e. The number of ether oxygens (including phenoxy) is 3. The summed E-state index contributed by atoms with van der Waals surface area (Å²) >= 11 is 6.36. The van der Waals surface area contributed by atoms with Gasteiger partial charge in [0.15, 0.2) is 11.5 Å². The first-order valence-corrected chi connectivity index (χ1v) is 10.6. The number of anilines is 1. The van der Waals surface area contributed by atoms with E-state index in [4.69, 9.17) is 25.8 Å². The van der Waals surface area contributed by atoms with Gasteiger partial charge in [-0.15, -0.1) is 0 Å². The Balaban J connectivity index is 1.71. The van der Waals surface area contributed by atoms with E-state index in [0.29, 0.717) is 46.7 Å². The van der Waals surface area contributed by atoms with Gasteiger partial charge >= 0.3 is 0 Å². The Kier molecular flexibility index (Phi) is 7.79. The molecular formula is C25H26ClNO4. The molecule has 0 bridgehead atoms. The Morgan fingerprint density at radius 2 is 1.58 bits per heavy atom. The van der Waals surface area contributed by atoms with Gasteiger partial charge in [0.2, 0.25) is 0 Å². The van der Waals surface area contributed by atoms with E-state index < -0.39 is 0 Å². The minimum absolute atomic E-state index is 0.294. The van der Waals surface area contributed by atoms with Crippen LogP contribution in [0.2, 0.25) is 5.02 Å². The summed E-state index contributed by atoms with van der Waals surface area (Å²) in [6.07, 6.45) is 0.841. The van der Waals surface area contributed by atoms with Crippen LogP contribution in [0.5, 0.6) is 23.0 Å². The van der Waals surface area contributed by atoms with Crippen LogP contribution < -0.4 is 19.5 Å². The largest absolute Gasteiger partial charge is 0.490 e. The molecule has 0 spiro atoms. The molecule has 0 heterocycles. The van der Waals surface area contributed by atoms with E-state index in [1.54, 1.807) is 36.4 Å². The lowest BCUT2D eigenvalue weighted by molar-refractivity contribution is 0.102. The van der Waals surface area contributed by atoms with Crippen LogP contribution in [-0.2, 0) is 0 Å². The molecule has 6 heteroatoms. The lowest BCUT2D eigenvalue weighted by Crippen LogP contribution is -2.12. The van der Waals surface area contributed by atoms with Crippen molar-refractivity contribution in [1.82, 2.24) is 0 Å². The van der Waals surface area contributed by atoms with E-state index in [2.05, 4.69) is 5.32 Å². The van der Waals surface area contributed by atoms with Crippen molar-refractivity contribution in [3.63, 3.8) is 0 Å². The number of carbonyl (C=O) groups excluding carboxylic acids is 1. The molecule has 162 valence electrons. The second-order valence-corrected chi connectivity index (χ2v) is 7.37. The second-order valence-electron chi connectivity index (χ2n) is 6.96. The molecule has 0 unspecified atom stereocenters. The molecule has 1 N–H and O–H groups in total. The maximum absolute atomic E-state index is 12.8. The van der Waals surface area contributed by atoms with Crippen LogP contribution in [0, 0.1) is 6.92 Å². The topological polar surface area (TPSA) is 56.8 Å². The number of amides is 1. The minimum atomic E-state index is -0.294. The Hall–Kier alpha value is -3.18. The summed E-state index contributed by atoms with van der Waals surface area (Å²) < 4.78 is 17.1. The highest BCUT2D eigenvalue weighted by Gasteiger charge is 2.16. The molecule has 0 saturated carbocycles. The summed E-state index contributed by atoms with van der Waals surface area (Å²) in [5.41, 5.74) is 2.20. The van der Waals surface area contributed by atoms with Gasteiger partial charge in [0, 0.05) is 11.3 Å². The number of hydrogen-bond donors (Lipinski definition) is 1. The normalized spacial score (nSPS) is 10.5. The van der Waals surface area contributed by atoms with Gasteiger partial charge in [-0.2, -0.15) is 0 Å². The molecule has 3 aromatic carbocycles. The van der Waals surface area contributed by atoms with Crippen molar-refractivity contribution in [3.8, 4) is 23.0 Å². The Bertz CT molecular complexity index is 1020. The molecule has 0 atom stereocenters. The van der Waals surface area contributed by atoms with Crippen molar-refractivity contribution in [1.29, 1.82) is 0 Å². The van der Waals surface area contributed by atoms with Crippen LogP contribution in [0.1, 0.15) is 36.2 Å². The SMILES string of the molecule is CCCOc1c(Cl)cc(C(=O)Nc2ccc(Oc3ccc(C)cc3)cc2)cc1OCC. The molecule has 0 aliphatic heterocycles. The first-order valence-electron chi connectivity index (χ1n) is 10.2. The molecule has 0 fully saturated rings. The average molecular weight is 440 g/mol. The Morgan fingerprint density at radius 3 is 2.19 bits per heavy atom. The van der Waals surface area contributed by atoms with Gasteiger partial charge in [0.25, 0.3) is 5.91 Å². The van der Waals surface area contributed by atoms with Crippen LogP contribution in [0.3, 0.4) is 0 Å². The predicted molar refractivity (Wildman–Crippen MR) is 124 cm³/mol. The zero-order valence-corrected chi connectivity index (χ0v) is 18.7. The van der Waals surface area contributed by atoms with Gasteiger partial charge in [-0.25, -0.2) is 0 Å². The standard InChI is InChI=1S/C25H26ClNO4/c1-4-14-30-24-22(26)15-18(16-23(24)29-5-2)25(28)27-19-8-12-21(13-9-19)31-20-10-6-17(3)7-11-20/h6-13,15-16H,4-5,14H2,1-3H3,(H,27,28). The lowest BCUT2D eigenvalue weighted by Gasteiger charge is -2.15. The first-order chi connectivity index (χ1) is 15.0. The van der Waals surface area contributed by atoms with Gasteiger partial charge in [-0.05, 0) is 68.8 Å². The highest BCUT2D eigenvalue weighted by atomic mass is 35.5. The summed E-state index contributed by atoms with van der Waals surface area (Å²) in [5, 5.41) is 3.21. The fourth-order valence-electron chi connectivity index (χ4n) is 2.86. The number of benzene rings is 3. The third-order valence-corrected chi connectivity index (χ3v) is 4.67. The van der Waals surface area contributed by atoms with Crippen molar-refractivity contribution in [3.05, 3.63) is 76.8 Å². The van der Waals surface area contributed by atoms with Gasteiger partial charge in [0.1, 0.15) is 11.5 Å². The summed E-state index contributed by atoms with van der Waals surface area (Å²) in [7, 11) is 0. The fraction of sp³-hybridized carbons (Fsp3) is 0.240. The maximum Gasteiger partial charge on any atom is 0.255 e. The number of aryl methyl sites for hydroxylation is 1. The predicted octanol–water partition coefficient (Wildman–Crippen LogP) is 6.88. The third kappa shape index (κ3) is 6.15. The number of rotatable bonds is 9. The monoisotopic (exact) mass is 439 g/mol. The zero-order valence-electron chi connectivity index (χ0n) is 17.9. The van der Waals surface area contributed by atoms with Crippen molar-refractivity contribution in [2.45, 2.75) is 27.2 Å². The van der Waals surface area contributed by atoms with Crippen molar-refractivity contribution < 1.29 is 19.0 Å². The van der Waals surface area contributed by atoms with E-state index in [0.717, 1.165) is 12.2 Å². The van der Waals surface area contributed by atoms with Gasteiger partial charge in [0.05, 0.1) is 18.2 Å². The van der Waals surface area contributed by atoms with Crippen LogP contribution in [0.15, 0.2) is 60.7 Å². The molecule has 1 amide bonds. The molecule has 31 heavy (non-hydrogen) atoms. The molecule has 0 aromatic heterocycles. The summed E-state index contributed by atoms with van der Waals surface area (Å²) in [4.78, 5) is 12.8. The average Bonchev–Trinajstić information content (AvgIpc) is 2.76. The zero-order chi connectivity index (χ0) is 22.2. The van der Waals surface area contributed by atoms with E-state index >= 15 is 0 Å². The van der Waals surface area contributed by atoms with Crippen LogP contribution in [-0.4, -0.2) is 19.1 Å². The highest BCUT2D eigenvalue weighted by molar-refractivity contribution is 6.32. The third-order valence-electron chi connectivity index (χ3n) is 4.39. The van der Waals surface area contributed by atoms with Crippen molar-refractivity contribution in [2.75, 3.05) is 18.5 Å². The van der Waals surface area contributed by atoms with Crippen molar-refractivity contribution in [2.24, 2.45) is 0 Å². The Labute approximate surface area is 187 Å². The molecule has 0 radical (unpaired) electrons. The first kappa shape index (κ1) is 22.5. The number of halogens is 1. The van der Waals surface area contributed by atoms with E-state index in [-0.39, 0.29) is 5.91 Å². The van der Waals surface area contributed by atoms with E-state index in [1.807, 2.05) is 45.0 Å². The van der Waals surface area contributed by atoms with E-state index in [1.165, 1.54) is 5.56 Å². The lowest BCUT2D eigenvalue weighted by atomic mass is 10.1. The van der Waals surface area contributed by atoms with Crippen molar-refractivity contribution >= 4 is 23.2 Å². The number of carbonyl (C=O) groups is 1. The quantitative estimate of drug-likeness (QED) is 0.394. The fourth-order valence-corrected chi connectivity index (χ4v) is 3.12. The molecule has 3 aromatic rings. The van der Waals surface area contributed by atoms with Crippen LogP contribution in [0.25, 0.3) is 0 Å². The molecule has 5 nitrogen and oxygen atoms in total. The molecule has 0 aliphatic carbocycles. The molecule has 0 aliphatic rings. The molecular weight excluding hydrogens is 414 g/mol. The second kappa shape index (κ2) is 10.7. The number of nitrogens with one attached hydrogen (secondary N) is 1. The molecule has 0 saturated heterocycles. The van der Waals surface area contributed by atoms with E-state index in [9.17, 15) is 4.79 Å². The number of hydrogen-bond acceptors (Lipinski definition) is 4. The summed E-state index contributed by atoms with van der Waals surface area (Å²) in [6, 6.07) is 18.2. The Morgan fingerprint density at radius 1 is 0.935 bits per heavy atom. The molecule has 3 rings (SSSR count). The minimum Gasteiger partial charge on any atom is -0.490 e. The van der Waals surface area contributed by atoms with Crippen LogP contribution in [0.4, 0.5) is 5.69 Å². The van der Waals surface area contributed by atoms with Gasteiger partial charge < -0.3 is 19.5 Å². The highest BCUT2D eigenvalue weighted by Crippen LogP contribution is 2.37.